The molecule has 0 N–H and O–H groups in total. The van der Waals surface area contributed by atoms with Crippen molar-refractivity contribution in [2.24, 2.45) is 0 Å². The van der Waals surface area contributed by atoms with Gasteiger partial charge in [-0.3, -0.25) is 4.39 Å². The fraction of sp³-hybridized carbons (Fsp3) is 0.167. The van der Waals surface area contributed by atoms with Gasteiger partial charge in [0, 0.05) is 22.4 Å². The van der Waals surface area contributed by atoms with E-state index in [1.165, 1.54) is 24.1 Å². The molecule has 152 valence electrons. The van der Waals surface area contributed by atoms with E-state index in [2.05, 4.69) is 11.8 Å². The van der Waals surface area contributed by atoms with Crippen LogP contribution in [0.15, 0.2) is 48.5 Å². The molecule has 0 unspecified atom stereocenters. The molecular formula is C24H14F6. The van der Waals surface area contributed by atoms with Crippen LogP contribution in [0.5, 0.6) is 0 Å². The Morgan fingerprint density at radius 3 is 2.13 bits per heavy atom. The maximum absolute atomic E-state index is 14.4. The van der Waals surface area contributed by atoms with Crippen LogP contribution in [0.4, 0.5) is 26.3 Å². The van der Waals surface area contributed by atoms with Crippen molar-refractivity contribution >= 4 is 10.8 Å². The third-order valence-electron chi connectivity index (χ3n) is 4.26. The first-order valence-electron chi connectivity index (χ1n) is 8.95. The average molecular weight is 416 g/mol. The highest BCUT2D eigenvalue weighted by Gasteiger charge is 2.23. The first kappa shape index (κ1) is 21.3. The van der Waals surface area contributed by atoms with E-state index in [-0.39, 0.29) is 17.4 Å². The summed E-state index contributed by atoms with van der Waals surface area (Å²) in [6.45, 7) is -0.374. The molecule has 0 nitrogen and oxygen atoms in total. The molecule has 3 rings (SSSR count). The SMILES string of the molecule is FCCCc1ccc(C#Cc2ccc3c(F)c(C#CC(F)(F)F)c(F)cc3c2)cc1. The third-order valence-corrected chi connectivity index (χ3v) is 4.26. The van der Waals surface area contributed by atoms with Crippen molar-refractivity contribution in [1.82, 2.24) is 0 Å². The minimum absolute atomic E-state index is 0.0503. The molecule has 0 aliphatic rings. The van der Waals surface area contributed by atoms with Gasteiger partial charge in [-0.05, 0) is 54.1 Å². The van der Waals surface area contributed by atoms with Crippen LogP contribution in [0.3, 0.4) is 0 Å². The van der Waals surface area contributed by atoms with Crippen LogP contribution in [-0.4, -0.2) is 12.9 Å². The van der Waals surface area contributed by atoms with Gasteiger partial charge in [0.15, 0.2) is 0 Å². The maximum atomic E-state index is 14.4. The number of benzene rings is 3. The summed E-state index contributed by atoms with van der Waals surface area (Å²) in [5.41, 5.74) is 1.27. The van der Waals surface area contributed by atoms with Crippen molar-refractivity contribution in [3.8, 4) is 23.7 Å². The molecule has 0 aliphatic heterocycles. The quantitative estimate of drug-likeness (QED) is 0.346. The molecule has 30 heavy (non-hydrogen) atoms. The lowest BCUT2D eigenvalue weighted by atomic mass is 10.0. The summed E-state index contributed by atoms with van der Waals surface area (Å²) in [5, 5.41) is 0.113. The Bertz CT molecular complexity index is 1180. The third kappa shape index (κ3) is 5.36. The molecular weight excluding hydrogens is 402 g/mol. The minimum Gasteiger partial charge on any atom is -0.251 e. The van der Waals surface area contributed by atoms with Gasteiger partial charge < -0.3 is 0 Å². The minimum atomic E-state index is -4.85. The molecule has 0 radical (unpaired) electrons. The Morgan fingerprint density at radius 2 is 1.47 bits per heavy atom. The zero-order chi connectivity index (χ0) is 21.7. The van der Waals surface area contributed by atoms with Gasteiger partial charge >= 0.3 is 6.18 Å². The predicted octanol–water partition coefficient (Wildman–Crippen LogP) is 6.33. The van der Waals surface area contributed by atoms with Crippen molar-refractivity contribution in [3.05, 3.63) is 82.4 Å². The second-order valence-electron chi connectivity index (χ2n) is 6.47. The van der Waals surface area contributed by atoms with Crippen LogP contribution in [-0.2, 0) is 6.42 Å². The maximum Gasteiger partial charge on any atom is 0.458 e. The number of halogens is 6. The zero-order valence-electron chi connectivity index (χ0n) is 15.5. The van der Waals surface area contributed by atoms with Gasteiger partial charge in [-0.15, -0.1) is 0 Å². The lowest BCUT2D eigenvalue weighted by molar-refractivity contribution is -0.0696. The van der Waals surface area contributed by atoms with Gasteiger partial charge in [0.1, 0.15) is 11.6 Å². The van der Waals surface area contributed by atoms with E-state index >= 15 is 0 Å². The lowest BCUT2D eigenvalue weighted by Gasteiger charge is -2.05. The van der Waals surface area contributed by atoms with Crippen molar-refractivity contribution in [1.29, 1.82) is 0 Å². The summed E-state index contributed by atoms with van der Waals surface area (Å²) >= 11 is 0. The number of hydrogen-bond donors (Lipinski definition) is 0. The number of rotatable bonds is 3. The Morgan fingerprint density at radius 1 is 0.800 bits per heavy atom. The number of aryl methyl sites for hydroxylation is 1. The lowest BCUT2D eigenvalue weighted by Crippen LogP contribution is -2.02. The summed E-state index contributed by atoms with van der Waals surface area (Å²) < 4.78 is 77.4. The highest BCUT2D eigenvalue weighted by Crippen LogP contribution is 2.25. The Balaban J connectivity index is 1.89. The van der Waals surface area contributed by atoms with E-state index in [4.69, 9.17) is 0 Å². The summed E-state index contributed by atoms with van der Waals surface area (Å²) in [7, 11) is 0. The van der Waals surface area contributed by atoms with Crippen LogP contribution >= 0.6 is 0 Å². The first-order chi connectivity index (χ1) is 14.3. The number of fused-ring (bicyclic) bond motifs is 1. The van der Waals surface area contributed by atoms with E-state index in [1.807, 2.05) is 12.1 Å². The van der Waals surface area contributed by atoms with Gasteiger partial charge in [0.25, 0.3) is 0 Å². The van der Waals surface area contributed by atoms with Crippen LogP contribution < -0.4 is 0 Å². The molecule has 0 saturated heterocycles. The highest BCUT2D eigenvalue weighted by molar-refractivity contribution is 5.86. The average Bonchev–Trinajstić information content (AvgIpc) is 2.70. The van der Waals surface area contributed by atoms with Gasteiger partial charge in [-0.2, -0.15) is 13.2 Å². The number of hydrogen-bond acceptors (Lipinski definition) is 0. The fourth-order valence-corrected chi connectivity index (χ4v) is 2.83. The molecule has 0 aromatic heterocycles. The Labute approximate surface area is 169 Å². The normalized spacial score (nSPS) is 10.9. The molecule has 0 aliphatic carbocycles. The van der Waals surface area contributed by atoms with Gasteiger partial charge in [0.05, 0.1) is 12.2 Å². The topological polar surface area (TPSA) is 0 Å². The van der Waals surface area contributed by atoms with Gasteiger partial charge in [-0.25, -0.2) is 8.78 Å². The molecule has 0 heterocycles. The molecule has 0 saturated carbocycles. The monoisotopic (exact) mass is 416 g/mol. The summed E-state index contributed by atoms with van der Waals surface area (Å²) in [6, 6.07) is 12.5. The van der Waals surface area contributed by atoms with Crippen LogP contribution in [0.2, 0.25) is 0 Å². The second-order valence-corrected chi connectivity index (χ2v) is 6.47. The zero-order valence-corrected chi connectivity index (χ0v) is 15.5. The molecule has 0 atom stereocenters. The molecule has 0 spiro atoms. The molecule has 3 aromatic carbocycles. The predicted molar refractivity (Wildman–Crippen MR) is 104 cm³/mol. The Kier molecular flexibility index (Phi) is 6.37. The smallest absolute Gasteiger partial charge is 0.251 e. The number of alkyl halides is 4. The van der Waals surface area contributed by atoms with Crippen LogP contribution in [0.1, 0.15) is 28.7 Å². The Hall–Kier alpha value is -3.38. The largest absolute Gasteiger partial charge is 0.458 e. The van der Waals surface area contributed by atoms with E-state index in [9.17, 15) is 26.3 Å². The molecule has 0 fully saturated rings. The summed E-state index contributed by atoms with van der Waals surface area (Å²) in [4.78, 5) is 0. The summed E-state index contributed by atoms with van der Waals surface area (Å²) in [5.74, 6) is 5.88. The molecule has 3 aromatic rings. The van der Waals surface area contributed by atoms with Crippen molar-refractivity contribution in [2.75, 3.05) is 6.67 Å². The van der Waals surface area contributed by atoms with Crippen LogP contribution in [0.25, 0.3) is 10.8 Å². The summed E-state index contributed by atoms with van der Waals surface area (Å²) in [6.07, 6.45) is -3.75. The van der Waals surface area contributed by atoms with Crippen LogP contribution in [0, 0.1) is 35.3 Å². The first-order valence-corrected chi connectivity index (χ1v) is 8.95. The van der Waals surface area contributed by atoms with E-state index < -0.39 is 23.4 Å². The van der Waals surface area contributed by atoms with Crippen molar-refractivity contribution in [3.63, 3.8) is 0 Å². The van der Waals surface area contributed by atoms with Gasteiger partial charge in [0.2, 0.25) is 0 Å². The van der Waals surface area contributed by atoms with E-state index in [0.717, 1.165) is 17.6 Å². The van der Waals surface area contributed by atoms with Gasteiger partial charge in [-0.1, -0.05) is 36.0 Å². The van der Waals surface area contributed by atoms with E-state index in [0.29, 0.717) is 24.0 Å². The standard InChI is InChI=1S/C24H14F6/c25-13-1-2-16-3-5-17(6-4-16)7-8-18-9-10-20-19(14-18)15-22(26)21(23(20)27)11-12-24(28,29)30/h3-6,9-10,14-15H,1-2,13H2. The molecule has 6 heteroatoms. The highest BCUT2D eigenvalue weighted by atomic mass is 19.4. The molecule has 0 bridgehead atoms. The van der Waals surface area contributed by atoms with Crippen molar-refractivity contribution in [2.45, 2.75) is 19.0 Å². The van der Waals surface area contributed by atoms with E-state index in [1.54, 1.807) is 12.1 Å². The van der Waals surface area contributed by atoms with Crippen molar-refractivity contribution < 1.29 is 26.3 Å². The molecule has 0 amide bonds. The fourth-order valence-electron chi connectivity index (χ4n) is 2.83. The second kappa shape index (κ2) is 8.97.